The lowest BCUT2D eigenvalue weighted by atomic mass is 10.2. The molecular weight excluding hydrogens is 270 g/mol. The maximum atomic E-state index is 4.43. The van der Waals surface area contributed by atoms with E-state index in [9.17, 15) is 0 Å². The second-order valence-electron chi connectivity index (χ2n) is 5.25. The van der Waals surface area contributed by atoms with Crippen LogP contribution in [0.1, 0.15) is 31.9 Å². The summed E-state index contributed by atoms with van der Waals surface area (Å²) >= 11 is 2.07. The molecule has 0 saturated carbocycles. The highest BCUT2D eigenvalue weighted by molar-refractivity contribution is 7.99. The number of anilines is 1. The lowest BCUT2D eigenvalue weighted by Gasteiger charge is -2.26. The Hall–Kier alpha value is -1.30. The predicted molar refractivity (Wildman–Crippen MR) is 83.5 cm³/mol. The Morgan fingerprint density at radius 3 is 3.15 bits per heavy atom. The van der Waals surface area contributed by atoms with Crippen molar-refractivity contribution in [3.8, 4) is 0 Å². The molecule has 2 aromatic heterocycles. The minimum absolute atomic E-state index is 0.698. The van der Waals surface area contributed by atoms with Crippen molar-refractivity contribution in [2.75, 3.05) is 23.7 Å². The topological polar surface area (TPSA) is 46.3 Å². The molecule has 1 aliphatic heterocycles. The van der Waals surface area contributed by atoms with Crippen LogP contribution in [0.4, 0.5) is 5.82 Å². The van der Waals surface area contributed by atoms with Gasteiger partial charge in [0, 0.05) is 30.1 Å². The molecule has 20 heavy (non-hydrogen) atoms. The van der Waals surface area contributed by atoms with Crippen LogP contribution in [0.15, 0.2) is 12.4 Å². The molecule has 1 fully saturated rings. The molecule has 0 aromatic carbocycles. The number of hydrogen-bond acceptors (Lipinski definition) is 5. The van der Waals surface area contributed by atoms with Crippen LogP contribution in [0.25, 0.3) is 5.78 Å². The molecule has 1 unspecified atom stereocenters. The Kier molecular flexibility index (Phi) is 4.10. The highest BCUT2D eigenvalue weighted by Crippen LogP contribution is 2.26. The van der Waals surface area contributed by atoms with Gasteiger partial charge in [-0.3, -0.25) is 0 Å². The lowest BCUT2D eigenvalue weighted by molar-refractivity contribution is 0.734. The van der Waals surface area contributed by atoms with Gasteiger partial charge in [-0.2, -0.15) is 26.4 Å². The zero-order chi connectivity index (χ0) is 13.9. The second kappa shape index (κ2) is 5.99. The number of aromatic nitrogens is 4. The summed E-state index contributed by atoms with van der Waals surface area (Å²) in [6.07, 6.45) is 5.47. The molecule has 0 amide bonds. The van der Waals surface area contributed by atoms with E-state index >= 15 is 0 Å². The number of fused-ring (bicyclic) bond motifs is 1. The summed E-state index contributed by atoms with van der Waals surface area (Å²) in [6.45, 7) is 6.45. The average Bonchev–Trinajstić information content (AvgIpc) is 2.77. The van der Waals surface area contributed by atoms with Crippen LogP contribution >= 0.6 is 11.8 Å². The maximum absolute atomic E-state index is 4.43. The van der Waals surface area contributed by atoms with E-state index in [2.05, 4.69) is 44.7 Å². The highest BCUT2D eigenvalue weighted by Gasteiger charge is 2.21. The standard InChI is InChI=1S/C14H21N5S/c1-3-20-12-6-4-5-7-18(9-12)13-8-11(2)17-14-15-10-16-19(13)14/h8,10,12H,3-7,9H2,1-2H3. The quantitative estimate of drug-likeness (QED) is 0.869. The molecular formula is C14H21N5S. The van der Waals surface area contributed by atoms with Gasteiger partial charge < -0.3 is 4.90 Å². The molecule has 0 bridgehead atoms. The van der Waals surface area contributed by atoms with Gasteiger partial charge in [-0.15, -0.1) is 0 Å². The third-order valence-corrected chi connectivity index (χ3v) is 4.91. The van der Waals surface area contributed by atoms with Crippen molar-refractivity contribution in [2.45, 2.75) is 38.4 Å². The fraction of sp³-hybridized carbons (Fsp3) is 0.643. The van der Waals surface area contributed by atoms with Crippen LogP contribution < -0.4 is 4.90 Å². The Morgan fingerprint density at radius 2 is 2.30 bits per heavy atom. The van der Waals surface area contributed by atoms with Gasteiger partial charge in [0.25, 0.3) is 5.78 Å². The molecule has 0 radical (unpaired) electrons. The monoisotopic (exact) mass is 291 g/mol. The van der Waals surface area contributed by atoms with Crippen LogP contribution in [0, 0.1) is 6.92 Å². The van der Waals surface area contributed by atoms with E-state index in [-0.39, 0.29) is 0 Å². The summed E-state index contributed by atoms with van der Waals surface area (Å²) in [4.78, 5) is 11.1. The summed E-state index contributed by atoms with van der Waals surface area (Å²) in [5, 5.41) is 5.05. The highest BCUT2D eigenvalue weighted by atomic mass is 32.2. The van der Waals surface area contributed by atoms with Crippen molar-refractivity contribution < 1.29 is 0 Å². The molecule has 3 rings (SSSR count). The van der Waals surface area contributed by atoms with Crippen LogP contribution in [0.3, 0.4) is 0 Å². The van der Waals surface area contributed by atoms with E-state index in [1.165, 1.54) is 25.0 Å². The second-order valence-corrected chi connectivity index (χ2v) is 6.82. The smallest absolute Gasteiger partial charge is 0.254 e. The molecule has 6 heteroatoms. The lowest BCUT2D eigenvalue weighted by Crippen LogP contribution is -2.31. The van der Waals surface area contributed by atoms with Crippen molar-refractivity contribution >= 4 is 23.4 Å². The van der Waals surface area contributed by atoms with Gasteiger partial charge in [0.15, 0.2) is 0 Å². The average molecular weight is 291 g/mol. The SMILES string of the molecule is CCSC1CCCCN(c2cc(C)nc3ncnn23)C1. The van der Waals surface area contributed by atoms with Gasteiger partial charge in [0.1, 0.15) is 12.1 Å². The fourth-order valence-electron chi connectivity index (χ4n) is 2.82. The summed E-state index contributed by atoms with van der Waals surface area (Å²) in [5.41, 5.74) is 1.00. The van der Waals surface area contributed by atoms with E-state index in [1.807, 2.05) is 11.4 Å². The van der Waals surface area contributed by atoms with Gasteiger partial charge in [0.05, 0.1) is 0 Å². The molecule has 1 atom stereocenters. The van der Waals surface area contributed by atoms with Crippen LogP contribution in [-0.2, 0) is 0 Å². The molecule has 1 saturated heterocycles. The van der Waals surface area contributed by atoms with Crippen molar-refractivity contribution in [1.82, 2.24) is 19.6 Å². The Balaban J connectivity index is 1.94. The maximum Gasteiger partial charge on any atom is 0.254 e. The van der Waals surface area contributed by atoms with Gasteiger partial charge in [-0.1, -0.05) is 13.3 Å². The summed E-state index contributed by atoms with van der Waals surface area (Å²) in [7, 11) is 0. The van der Waals surface area contributed by atoms with E-state index in [0.29, 0.717) is 5.78 Å². The normalized spacial score (nSPS) is 20.3. The largest absolute Gasteiger partial charge is 0.355 e. The van der Waals surface area contributed by atoms with Crippen LogP contribution in [0.5, 0.6) is 0 Å². The molecule has 0 spiro atoms. The molecule has 0 aliphatic carbocycles. The Morgan fingerprint density at radius 1 is 1.40 bits per heavy atom. The number of rotatable bonds is 3. The van der Waals surface area contributed by atoms with Crippen molar-refractivity contribution in [3.63, 3.8) is 0 Å². The van der Waals surface area contributed by atoms with Gasteiger partial charge in [-0.25, -0.2) is 4.98 Å². The van der Waals surface area contributed by atoms with Crippen molar-refractivity contribution in [3.05, 3.63) is 18.1 Å². The minimum Gasteiger partial charge on any atom is -0.355 e. The fourth-order valence-corrected chi connectivity index (χ4v) is 3.91. The van der Waals surface area contributed by atoms with E-state index in [4.69, 9.17) is 0 Å². The zero-order valence-corrected chi connectivity index (χ0v) is 12.9. The van der Waals surface area contributed by atoms with Gasteiger partial charge in [0.2, 0.25) is 0 Å². The first-order valence-electron chi connectivity index (χ1n) is 7.32. The summed E-state index contributed by atoms with van der Waals surface area (Å²) in [5.74, 6) is 3.02. The number of thioether (sulfide) groups is 1. The predicted octanol–water partition coefficient (Wildman–Crippen LogP) is 2.54. The number of hydrogen-bond donors (Lipinski definition) is 0. The van der Waals surface area contributed by atoms with Gasteiger partial charge in [-0.05, 0) is 25.5 Å². The first-order chi connectivity index (χ1) is 9.78. The summed E-state index contributed by atoms with van der Waals surface area (Å²) < 4.78 is 1.87. The van der Waals surface area contributed by atoms with E-state index < -0.39 is 0 Å². The number of nitrogens with zero attached hydrogens (tertiary/aromatic N) is 5. The van der Waals surface area contributed by atoms with Crippen molar-refractivity contribution in [1.29, 1.82) is 0 Å². The molecule has 1 aliphatic rings. The molecule has 2 aromatic rings. The minimum atomic E-state index is 0.698. The molecule has 0 N–H and O–H groups in total. The first kappa shape index (κ1) is 13.7. The molecule has 3 heterocycles. The molecule has 5 nitrogen and oxygen atoms in total. The van der Waals surface area contributed by atoms with E-state index in [1.54, 1.807) is 6.33 Å². The van der Waals surface area contributed by atoms with E-state index in [0.717, 1.165) is 29.9 Å². The van der Waals surface area contributed by atoms with Gasteiger partial charge >= 0.3 is 0 Å². The van der Waals surface area contributed by atoms with Crippen LogP contribution in [-0.4, -0.2) is 43.7 Å². The third-order valence-electron chi connectivity index (χ3n) is 3.72. The molecule has 108 valence electrons. The zero-order valence-electron chi connectivity index (χ0n) is 12.1. The van der Waals surface area contributed by atoms with Crippen molar-refractivity contribution in [2.24, 2.45) is 0 Å². The Bertz CT molecular complexity index is 582. The third kappa shape index (κ3) is 2.75. The van der Waals surface area contributed by atoms with Crippen LogP contribution in [0.2, 0.25) is 0 Å². The Labute approximate surface area is 123 Å². The summed E-state index contributed by atoms with van der Waals surface area (Å²) in [6, 6.07) is 2.13. The first-order valence-corrected chi connectivity index (χ1v) is 8.36. The number of aryl methyl sites for hydroxylation is 1.